The molecule has 106 valence electrons. The lowest BCUT2D eigenvalue weighted by atomic mass is 10.2. The minimum Gasteiger partial charge on any atom is -0.334 e. The molecule has 3 aromatic rings. The number of amides is 1. The van der Waals surface area contributed by atoms with E-state index in [9.17, 15) is 9.59 Å². The number of carbonyl (C=O) groups excluding carboxylic acids is 1. The Labute approximate surface area is 124 Å². The number of fused-ring (bicyclic) bond motifs is 4. The van der Waals surface area contributed by atoms with Gasteiger partial charge in [-0.1, -0.05) is 18.2 Å². The van der Waals surface area contributed by atoms with Crippen LogP contribution in [0.1, 0.15) is 17.5 Å². The Morgan fingerprint density at radius 3 is 2.86 bits per heavy atom. The predicted molar refractivity (Wildman–Crippen MR) is 83.0 cm³/mol. The van der Waals surface area contributed by atoms with Gasteiger partial charge in [-0.25, -0.2) is 4.98 Å². The van der Waals surface area contributed by atoms with Crippen molar-refractivity contribution in [2.45, 2.75) is 13.5 Å². The van der Waals surface area contributed by atoms with Crippen molar-refractivity contribution in [1.82, 2.24) is 14.5 Å². The maximum Gasteiger partial charge on any atom is 0.290 e. The molecule has 1 aliphatic heterocycles. The minimum atomic E-state index is -0.153. The highest BCUT2D eigenvalue weighted by atomic mass is 32.1. The zero-order valence-corrected chi connectivity index (χ0v) is 12.3. The number of likely N-dealkylation sites (N-methyl/N-ethyl adjacent to an activating group) is 1. The van der Waals surface area contributed by atoms with Gasteiger partial charge in [-0.15, -0.1) is 11.3 Å². The molecule has 0 spiro atoms. The summed E-state index contributed by atoms with van der Waals surface area (Å²) in [5.41, 5.74) is -0.100. The summed E-state index contributed by atoms with van der Waals surface area (Å²) < 4.78 is 2.55. The van der Waals surface area contributed by atoms with Gasteiger partial charge in [0.25, 0.3) is 11.5 Å². The Morgan fingerprint density at radius 1 is 1.24 bits per heavy atom. The first-order valence-corrected chi connectivity index (χ1v) is 7.73. The standard InChI is InChI=1S/C15H13N3O2S/c1-2-17-7-8-18-12(15(17)20)16-13-11(14(18)19)9-5-3-4-6-10(9)21-13/h3-6H,2,7-8H2,1H3. The maximum atomic E-state index is 12.7. The van der Waals surface area contributed by atoms with Crippen molar-refractivity contribution < 1.29 is 4.79 Å². The zero-order valence-electron chi connectivity index (χ0n) is 11.5. The van der Waals surface area contributed by atoms with E-state index in [1.807, 2.05) is 31.2 Å². The quantitative estimate of drug-likeness (QED) is 0.691. The van der Waals surface area contributed by atoms with E-state index in [1.54, 1.807) is 4.90 Å². The molecule has 1 amide bonds. The molecule has 0 fully saturated rings. The number of hydrogen-bond donors (Lipinski definition) is 0. The molecule has 0 aliphatic carbocycles. The third kappa shape index (κ3) is 1.65. The SMILES string of the molecule is CCN1CCn2c(nc3sc4ccccc4c3c2=O)C1=O. The van der Waals surface area contributed by atoms with Crippen LogP contribution < -0.4 is 5.56 Å². The number of hydrogen-bond acceptors (Lipinski definition) is 4. The molecular formula is C15H13N3O2S. The second-order valence-electron chi connectivity index (χ2n) is 5.06. The van der Waals surface area contributed by atoms with Crippen LogP contribution in [0, 0.1) is 0 Å². The van der Waals surface area contributed by atoms with Gasteiger partial charge in [-0.05, 0) is 13.0 Å². The molecule has 0 unspecified atom stereocenters. The number of thiophene rings is 1. The first-order chi connectivity index (χ1) is 10.2. The minimum absolute atomic E-state index is 0.100. The fourth-order valence-corrected chi connectivity index (χ4v) is 3.91. The van der Waals surface area contributed by atoms with Crippen LogP contribution in [0.3, 0.4) is 0 Å². The molecule has 2 aromatic heterocycles. The molecule has 4 rings (SSSR count). The summed E-state index contributed by atoms with van der Waals surface area (Å²) in [6.45, 7) is 3.65. The fourth-order valence-electron chi connectivity index (χ4n) is 2.84. The van der Waals surface area contributed by atoms with Crippen LogP contribution in [0.5, 0.6) is 0 Å². The Hall–Kier alpha value is -2.21. The van der Waals surface area contributed by atoms with Crippen molar-refractivity contribution in [2.75, 3.05) is 13.1 Å². The van der Waals surface area contributed by atoms with Crippen LogP contribution in [-0.4, -0.2) is 33.4 Å². The van der Waals surface area contributed by atoms with Crippen molar-refractivity contribution >= 4 is 37.5 Å². The molecule has 1 aliphatic rings. The van der Waals surface area contributed by atoms with Crippen molar-refractivity contribution in [1.29, 1.82) is 0 Å². The summed E-state index contributed by atoms with van der Waals surface area (Å²) in [4.78, 5) is 32.0. The van der Waals surface area contributed by atoms with E-state index in [-0.39, 0.29) is 17.3 Å². The summed E-state index contributed by atoms with van der Waals surface area (Å²) in [6.07, 6.45) is 0. The number of aromatic nitrogens is 2. The summed E-state index contributed by atoms with van der Waals surface area (Å²) in [5, 5.41) is 1.56. The largest absolute Gasteiger partial charge is 0.334 e. The highest BCUT2D eigenvalue weighted by Crippen LogP contribution is 2.30. The van der Waals surface area contributed by atoms with E-state index in [0.717, 1.165) is 10.1 Å². The second kappa shape index (κ2) is 4.39. The molecule has 5 nitrogen and oxygen atoms in total. The van der Waals surface area contributed by atoms with Gasteiger partial charge in [0.2, 0.25) is 5.82 Å². The van der Waals surface area contributed by atoms with Crippen LogP contribution in [0.2, 0.25) is 0 Å². The van der Waals surface area contributed by atoms with Crippen molar-refractivity contribution in [3.63, 3.8) is 0 Å². The first-order valence-electron chi connectivity index (χ1n) is 6.92. The number of benzene rings is 1. The van der Waals surface area contributed by atoms with E-state index in [4.69, 9.17) is 0 Å². The maximum absolute atomic E-state index is 12.7. The van der Waals surface area contributed by atoms with Crippen LogP contribution in [0.4, 0.5) is 0 Å². The van der Waals surface area contributed by atoms with Gasteiger partial charge in [-0.3, -0.25) is 14.2 Å². The molecule has 0 bridgehead atoms. The van der Waals surface area contributed by atoms with Gasteiger partial charge in [0.05, 0.1) is 5.39 Å². The normalized spacial score (nSPS) is 14.9. The summed E-state index contributed by atoms with van der Waals surface area (Å²) in [5.74, 6) is 0.118. The molecule has 6 heteroatoms. The average Bonchev–Trinajstić information content (AvgIpc) is 2.87. The number of nitrogens with zero attached hydrogens (tertiary/aromatic N) is 3. The second-order valence-corrected chi connectivity index (χ2v) is 6.09. The predicted octanol–water partition coefficient (Wildman–Crippen LogP) is 2.09. The number of carbonyl (C=O) groups is 1. The van der Waals surface area contributed by atoms with E-state index >= 15 is 0 Å². The molecule has 0 N–H and O–H groups in total. The van der Waals surface area contributed by atoms with Crippen molar-refractivity contribution in [2.24, 2.45) is 0 Å². The van der Waals surface area contributed by atoms with Gasteiger partial charge in [-0.2, -0.15) is 0 Å². The van der Waals surface area contributed by atoms with E-state index < -0.39 is 0 Å². The van der Waals surface area contributed by atoms with Gasteiger partial charge in [0.1, 0.15) is 4.83 Å². The fraction of sp³-hybridized carbons (Fsp3) is 0.267. The van der Waals surface area contributed by atoms with Crippen LogP contribution in [-0.2, 0) is 6.54 Å². The van der Waals surface area contributed by atoms with Gasteiger partial charge in [0, 0.05) is 29.7 Å². The zero-order chi connectivity index (χ0) is 14.6. The lowest BCUT2D eigenvalue weighted by Crippen LogP contribution is -2.45. The average molecular weight is 299 g/mol. The molecule has 0 saturated carbocycles. The molecule has 0 saturated heterocycles. The lowest BCUT2D eigenvalue weighted by molar-refractivity contribution is 0.0702. The summed E-state index contributed by atoms with van der Waals surface area (Å²) >= 11 is 1.46. The third-order valence-electron chi connectivity index (χ3n) is 3.95. The van der Waals surface area contributed by atoms with Crippen molar-refractivity contribution in [3.8, 4) is 0 Å². The van der Waals surface area contributed by atoms with E-state index in [2.05, 4.69) is 4.98 Å². The van der Waals surface area contributed by atoms with Gasteiger partial charge in [0.15, 0.2) is 0 Å². The van der Waals surface area contributed by atoms with Crippen molar-refractivity contribution in [3.05, 3.63) is 40.4 Å². The topological polar surface area (TPSA) is 55.2 Å². The third-order valence-corrected chi connectivity index (χ3v) is 5.02. The Kier molecular flexibility index (Phi) is 2.62. The Bertz CT molecular complexity index is 941. The summed E-state index contributed by atoms with van der Waals surface area (Å²) in [7, 11) is 0. The lowest BCUT2D eigenvalue weighted by Gasteiger charge is -2.27. The molecular weight excluding hydrogens is 286 g/mol. The van der Waals surface area contributed by atoms with Crippen LogP contribution >= 0.6 is 11.3 Å². The Balaban J connectivity index is 2.10. The van der Waals surface area contributed by atoms with Crippen LogP contribution in [0.25, 0.3) is 20.3 Å². The molecule has 0 radical (unpaired) electrons. The van der Waals surface area contributed by atoms with E-state index in [1.165, 1.54) is 15.9 Å². The highest BCUT2D eigenvalue weighted by Gasteiger charge is 2.27. The molecule has 0 atom stereocenters. The number of rotatable bonds is 1. The van der Waals surface area contributed by atoms with E-state index in [0.29, 0.717) is 29.9 Å². The van der Waals surface area contributed by atoms with Crippen LogP contribution in [0.15, 0.2) is 29.1 Å². The first kappa shape index (κ1) is 12.5. The smallest absolute Gasteiger partial charge is 0.290 e. The monoisotopic (exact) mass is 299 g/mol. The molecule has 1 aromatic carbocycles. The molecule has 3 heterocycles. The Morgan fingerprint density at radius 2 is 2.05 bits per heavy atom. The highest BCUT2D eigenvalue weighted by molar-refractivity contribution is 7.25. The van der Waals surface area contributed by atoms with Gasteiger partial charge >= 0.3 is 0 Å². The summed E-state index contributed by atoms with van der Waals surface area (Å²) in [6, 6.07) is 7.78. The molecule has 21 heavy (non-hydrogen) atoms. The van der Waals surface area contributed by atoms with Gasteiger partial charge < -0.3 is 4.90 Å².